The van der Waals surface area contributed by atoms with E-state index < -0.39 is 11.4 Å². The van der Waals surface area contributed by atoms with E-state index in [9.17, 15) is 0 Å². The molecule has 0 amide bonds. The Labute approximate surface area is 249 Å². The maximum absolute atomic E-state index is 5.90. The van der Waals surface area contributed by atoms with Crippen molar-refractivity contribution in [2.45, 2.75) is 153 Å². The fourth-order valence-electron chi connectivity index (χ4n) is 5.46. The zero-order chi connectivity index (χ0) is 24.3. The molecule has 0 heterocycles. The molecule has 0 unspecified atom stereocenters. The molecule has 4 aliphatic rings. The van der Waals surface area contributed by atoms with Crippen molar-refractivity contribution in [1.82, 2.24) is 0 Å². The topological polar surface area (TPSA) is 36.9 Å². The van der Waals surface area contributed by atoms with Crippen LogP contribution in [-0.2, 0) is 87.3 Å². The van der Waals surface area contributed by atoms with Crippen molar-refractivity contribution in [3.8, 4) is 0 Å². The maximum atomic E-state index is 5.90. The van der Waals surface area contributed by atoms with Gasteiger partial charge in [-0.3, -0.25) is 0 Å². The first-order valence-electron chi connectivity index (χ1n) is 13.7. The Morgan fingerprint density at radius 1 is 0.400 bits per heavy atom. The quantitative estimate of drug-likeness (QED) is 0.179. The average molecular weight is 782 g/mol. The predicted octanol–water partition coefficient (Wildman–Crippen LogP) is 8.91. The van der Waals surface area contributed by atoms with Crippen molar-refractivity contribution in [1.29, 1.82) is 0 Å². The van der Waals surface area contributed by atoms with Gasteiger partial charge in [0.1, 0.15) is 0 Å². The van der Waals surface area contributed by atoms with E-state index in [2.05, 4.69) is 0 Å². The van der Waals surface area contributed by atoms with Gasteiger partial charge in [0, 0.05) is 0 Å². The molecule has 4 saturated carbocycles. The summed E-state index contributed by atoms with van der Waals surface area (Å²) in [6, 6.07) is 0. The van der Waals surface area contributed by atoms with Crippen LogP contribution in [0.2, 0.25) is 0 Å². The van der Waals surface area contributed by atoms with E-state index in [-0.39, 0.29) is 45.5 Å². The van der Waals surface area contributed by atoms with Crippen LogP contribution in [0.1, 0.15) is 128 Å². The first-order chi connectivity index (χ1) is 16.3. The van der Waals surface area contributed by atoms with Crippen LogP contribution in [0.25, 0.3) is 0 Å². The average Bonchev–Trinajstić information content (AvgIpc) is 2.81. The third kappa shape index (κ3) is 14.6. The van der Waals surface area contributed by atoms with Crippen molar-refractivity contribution in [2.75, 3.05) is 0 Å². The van der Waals surface area contributed by atoms with E-state index in [0.29, 0.717) is 0 Å². The summed E-state index contributed by atoms with van der Waals surface area (Å²) in [5.74, 6) is 0. The molecule has 208 valence electrons. The predicted molar refractivity (Wildman–Crippen MR) is 155 cm³/mol. The second kappa shape index (κ2) is 18.1. The van der Waals surface area contributed by atoms with Gasteiger partial charge in [-0.1, -0.05) is 101 Å². The van der Waals surface area contributed by atoms with E-state index in [0.717, 1.165) is 51.4 Å². The van der Waals surface area contributed by atoms with Crippen LogP contribution in [0.4, 0.5) is 0 Å². The zero-order valence-corrected chi connectivity index (χ0v) is 28.3. The number of hydrogen-bond donors (Lipinski definition) is 0. The van der Waals surface area contributed by atoms with Crippen LogP contribution in [0.15, 0.2) is 0 Å². The van der Waals surface area contributed by atoms with Crippen molar-refractivity contribution in [2.24, 2.45) is 0 Å². The summed E-state index contributed by atoms with van der Waals surface area (Å²) >= 11 is 21.5. The summed E-state index contributed by atoms with van der Waals surface area (Å²) in [6.45, 7) is 0. The Morgan fingerprint density at radius 2 is 0.571 bits per heavy atom. The fourth-order valence-corrected chi connectivity index (χ4v) is 10.8. The third-order valence-corrected chi connectivity index (χ3v) is 11.6. The summed E-state index contributed by atoms with van der Waals surface area (Å²) in [7, 11) is 0. The number of hydrogen-bond acceptors (Lipinski definition) is 8. The van der Waals surface area contributed by atoms with Crippen LogP contribution in [0.5, 0.6) is 0 Å². The molecule has 0 saturated heterocycles. The molecule has 4 rings (SSSR count). The molecule has 0 aromatic rings. The van der Waals surface area contributed by atoms with E-state index >= 15 is 0 Å². The maximum Gasteiger partial charge on any atom is 2.00 e. The molecule has 4 aliphatic carbocycles. The summed E-state index contributed by atoms with van der Waals surface area (Å²) in [5, 5.41) is 0. The molecule has 0 aliphatic heterocycles. The molecule has 11 heteroatoms. The first-order valence-corrected chi connectivity index (χ1v) is 21.0. The Kier molecular flexibility index (Phi) is 17.4. The Hall–Kier alpha value is 2.53. The summed E-state index contributed by atoms with van der Waals surface area (Å²) in [5.41, 5.74) is -4.83. The second-order valence-corrected chi connectivity index (χ2v) is 20.1. The van der Waals surface area contributed by atoms with Gasteiger partial charge in [0.05, 0.1) is 35.8 Å². The molecule has 4 nitrogen and oxygen atoms in total. The van der Waals surface area contributed by atoms with Crippen LogP contribution in [0.3, 0.4) is 0 Å². The second-order valence-electron chi connectivity index (χ2n) is 10.4. The van der Waals surface area contributed by atoms with Gasteiger partial charge in [-0.15, -0.1) is 0 Å². The molecule has 0 radical (unpaired) electrons. The molecule has 35 heavy (non-hydrogen) atoms. The fraction of sp³-hybridized carbons (Fsp3) is 1.00. The van der Waals surface area contributed by atoms with Gasteiger partial charge in [-0.2, -0.15) is 0 Å². The van der Waals surface area contributed by atoms with Crippen LogP contribution >= 0.6 is 11.4 Å². The van der Waals surface area contributed by atoms with Crippen molar-refractivity contribution < 1.29 is 39.2 Å². The minimum atomic E-state index is -2.41. The number of rotatable bonds is 8. The van der Waals surface area contributed by atoms with E-state index in [4.69, 9.17) is 66.2 Å². The molecule has 0 aromatic carbocycles. The van der Waals surface area contributed by atoms with Gasteiger partial charge in [0.25, 0.3) is 0 Å². The van der Waals surface area contributed by atoms with Gasteiger partial charge < -0.3 is 42.6 Å². The van der Waals surface area contributed by atoms with Gasteiger partial charge in [-0.25, -0.2) is 0 Å². The van der Waals surface area contributed by atoms with Crippen LogP contribution in [-0.4, -0.2) is 24.4 Å². The standard InChI is InChI=1S/2C12H23O2PS2.Pt/c2*16-15(17,13-11-7-3-1-4-8-11)14-12-9-5-2-6-10-12;/h2*11-12H,1-10H2,(H,16,17);/q;;+2/p-2. The van der Waals surface area contributed by atoms with Crippen LogP contribution in [0, 0.1) is 0 Å². The normalized spacial score (nSPS) is 24.3. The summed E-state index contributed by atoms with van der Waals surface area (Å²) < 4.78 is 23.6. The van der Waals surface area contributed by atoms with Gasteiger partial charge >= 0.3 is 21.1 Å². The molecule has 0 spiro atoms. The molecule has 4 fully saturated rings. The minimum absolute atomic E-state index is 0. The first kappa shape index (κ1) is 33.7. The minimum Gasteiger partial charge on any atom is -0.691 e. The Bertz CT molecular complexity index is 562. The third-order valence-electron chi connectivity index (χ3n) is 7.32. The van der Waals surface area contributed by atoms with Crippen LogP contribution < -0.4 is 0 Å². The van der Waals surface area contributed by atoms with Gasteiger partial charge in [0.2, 0.25) is 0 Å². The molecule has 0 N–H and O–H groups in total. The van der Waals surface area contributed by atoms with E-state index in [1.165, 1.54) is 77.0 Å². The SMILES string of the molecule is S=P([S-])(OC1CCCCC1)OC1CCCCC1.S=P([S-])(OC1CCCCC1)OC1CCCCC1.[Pt+2]. The molecular formula is C24H44O4P2PtS4. The zero-order valence-electron chi connectivity index (χ0n) is 20.9. The van der Waals surface area contributed by atoms with Crippen molar-refractivity contribution >= 4 is 59.5 Å². The molecule has 0 bridgehead atoms. The molecular weight excluding hydrogens is 738 g/mol. The molecule has 0 atom stereocenters. The van der Waals surface area contributed by atoms with E-state index in [1.807, 2.05) is 0 Å². The van der Waals surface area contributed by atoms with Crippen molar-refractivity contribution in [3.63, 3.8) is 0 Å². The van der Waals surface area contributed by atoms with Gasteiger partial charge in [0.15, 0.2) is 0 Å². The largest absolute Gasteiger partial charge is 2.00 e. The molecule has 0 aromatic heterocycles. The monoisotopic (exact) mass is 781 g/mol. The smallest absolute Gasteiger partial charge is 0.691 e. The van der Waals surface area contributed by atoms with Crippen molar-refractivity contribution in [3.05, 3.63) is 0 Å². The van der Waals surface area contributed by atoms with E-state index in [1.54, 1.807) is 0 Å². The Balaban J connectivity index is 0.000000240. The summed E-state index contributed by atoms with van der Waals surface area (Å²) in [4.78, 5) is 0. The summed E-state index contributed by atoms with van der Waals surface area (Å²) in [6.07, 6.45) is 25.3. The van der Waals surface area contributed by atoms with Gasteiger partial charge in [-0.05, 0) is 51.4 Å². The Morgan fingerprint density at radius 3 is 0.743 bits per heavy atom.